The topological polar surface area (TPSA) is 123 Å². The van der Waals surface area contributed by atoms with Crippen LogP contribution in [0, 0.1) is 5.92 Å². The molecule has 2 aromatic heterocycles. The van der Waals surface area contributed by atoms with Gasteiger partial charge >= 0.3 is 0 Å². The highest BCUT2D eigenvalue weighted by atomic mass is 16.5. The fourth-order valence-electron chi connectivity index (χ4n) is 4.99. The van der Waals surface area contributed by atoms with Crippen LogP contribution >= 0.6 is 0 Å². The van der Waals surface area contributed by atoms with Crippen molar-refractivity contribution in [3.8, 4) is 0 Å². The van der Waals surface area contributed by atoms with Gasteiger partial charge in [-0.25, -0.2) is 5.84 Å². The Kier molecular flexibility index (Phi) is 8.69. The first-order chi connectivity index (χ1) is 18.2. The molecule has 1 atom stereocenters. The number of benzene rings is 2. The molecule has 4 aromatic rings. The summed E-state index contributed by atoms with van der Waals surface area (Å²) in [6.07, 6.45) is 3.80. The molecule has 0 bridgehead atoms. The third-order valence-electron chi connectivity index (χ3n) is 7.08. The van der Waals surface area contributed by atoms with Gasteiger partial charge in [0.15, 0.2) is 0 Å². The van der Waals surface area contributed by atoms with Gasteiger partial charge in [0, 0.05) is 49.6 Å². The first-order valence-corrected chi connectivity index (χ1v) is 13.0. The lowest BCUT2D eigenvalue weighted by Gasteiger charge is -2.24. The van der Waals surface area contributed by atoms with Gasteiger partial charge in [0.25, 0.3) is 0 Å². The molecule has 1 aliphatic rings. The number of nitrogens with two attached hydrogens (primary N) is 2. The number of aliphatic hydroxyl groups is 2. The predicted octanol–water partition coefficient (Wildman–Crippen LogP) is 3.96. The van der Waals surface area contributed by atoms with Crippen LogP contribution in [-0.2, 0) is 16.9 Å². The molecule has 3 heterocycles. The lowest BCUT2D eigenvalue weighted by atomic mass is 9.96. The number of hydrogen-bond acceptors (Lipinski definition) is 7. The summed E-state index contributed by atoms with van der Waals surface area (Å²) in [7, 11) is 1.76. The molecule has 2 aromatic carbocycles. The van der Waals surface area contributed by atoms with E-state index in [2.05, 4.69) is 10.6 Å². The molecule has 5 rings (SSSR count). The van der Waals surface area contributed by atoms with Crippen LogP contribution in [0.25, 0.3) is 27.6 Å². The van der Waals surface area contributed by atoms with Crippen LogP contribution in [0.1, 0.15) is 37.8 Å². The van der Waals surface area contributed by atoms with E-state index in [0.717, 1.165) is 65.8 Å². The molecule has 1 fully saturated rings. The highest BCUT2D eigenvalue weighted by Crippen LogP contribution is 2.34. The van der Waals surface area contributed by atoms with E-state index in [-0.39, 0.29) is 6.61 Å². The van der Waals surface area contributed by atoms with Crippen LogP contribution in [0.3, 0.4) is 0 Å². The molecule has 8 heteroatoms. The zero-order chi connectivity index (χ0) is 27.3. The first kappa shape index (κ1) is 27.6. The normalized spacial score (nSPS) is 16.5. The largest absolute Gasteiger partial charge is 0.401 e. The molecule has 1 aliphatic heterocycles. The SMILES string of the molecule is C/C(N)=C(\c1cnc2c3ccc(C(C)(O)CO)cc3n(CC3CCOCC3)c2c1)N(C)N.c1ccccc1. The molecule has 0 spiro atoms. The van der Waals surface area contributed by atoms with Gasteiger partial charge in [0.2, 0.25) is 0 Å². The molecular weight excluding hydrogens is 478 g/mol. The zero-order valence-electron chi connectivity index (χ0n) is 22.5. The molecule has 0 amide bonds. The number of aromatic nitrogens is 2. The molecular formula is C30H39N5O3. The Bertz CT molecular complexity index is 1360. The number of nitrogens with zero attached hydrogens (tertiary/aromatic N) is 3. The van der Waals surface area contributed by atoms with Crippen molar-refractivity contribution < 1.29 is 14.9 Å². The third-order valence-corrected chi connectivity index (χ3v) is 7.08. The number of fused-ring (bicyclic) bond motifs is 3. The number of allylic oxidation sites excluding steroid dienone is 1. The minimum atomic E-state index is -1.32. The molecule has 202 valence electrons. The molecule has 0 aliphatic carbocycles. The smallest absolute Gasteiger partial charge is 0.110 e. The average molecular weight is 518 g/mol. The fourth-order valence-corrected chi connectivity index (χ4v) is 4.99. The summed E-state index contributed by atoms with van der Waals surface area (Å²) in [6, 6.07) is 19.9. The molecule has 1 unspecified atom stereocenters. The van der Waals surface area contributed by atoms with E-state index in [0.29, 0.717) is 17.2 Å². The van der Waals surface area contributed by atoms with E-state index < -0.39 is 5.60 Å². The predicted molar refractivity (Wildman–Crippen MR) is 153 cm³/mol. The quantitative estimate of drug-likeness (QED) is 0.226. The van der Waals surface area contributed by atoms with Gasteiger partial charge in [-0.1, -0.05) is 48.5 Å². The van der Waals surface area contributed by atoms with Gasteiger partial charge in [-0.05, 0) is 50.3 Å². The molecule has 0 saturated carbocycles. The Balaban J connectivity index is 0.000000494. The summed E-state index contributed by atoms with van der Waals surface area (Å²) in [4.78, 5) is 4.79. The average Bonchev–Trinajstić information content (AvgIpc) is 3.22. The lowest BCUT2D eigenvalue weighted by molar-refractivity contribution is -0.00219. The minimum Gasteiger partial charge on any atom is -0.401 e. The summed E-state index contributed by atoms with van der Waals surface area (Å²) >= 11 is 0. The Morgan fingerprint density at radius 2 is 1.74 bits per heavy atom. The summed E-state index contributed by atoms with van der Waals surface area (Å²) in [5.74, 6) is 6.54. The lowest BCUT2D eigenvalue weighted by Crippen LogP contribution is -2.26. The highest BCUT2D eigenvalue weighted by molar-refractivity contribution is 6.06. The fraction of sp³-hybridized carbons (Fsp3) is 0.367. The highest BCUT2D eigenvalue weighted by Gasteiger charge is 2.25. The summed E-state index contributed by atoms with van der Waals surface area (Å²) in [5, 5.41) is 22.8. The van der Waals surface area contributed by atoms with Crippen molar-refractivity contribution in [2.24, 2.45) is 17.5 Å². The van der Waals surface area contributed by atoms with Crippen molar-refractivity contribution in [1.82, 2.24) is 14.6 Å². The second-order valence-corrected chi connectivity index (χ2v) is 10.2. The monoisotopic (exact) mass is 517 g/mol. The summed E-state index contributed by atoms with van der Waals surface area (Å²) in [5.41, 5.74) is 10.5. The summed E-state index contributed by atoms with van der Waals surface area (Å²) in [6.45, 7) is 5.45. The first-order valence-electron chi connectivity index (χ1n) is 13.0. The van der Waals surface area contributed by atoms with Crippen molar-refractivity contribution in [1.29, 1.82) is 0 Å². The van der Waals surface area contributed by atoms with Crippen molar-refractivity contribution in [2.45, 2.75) is 38.8 Å². The van der Waals surface area contributed by atoms with Gasteiger partial charge in [0.1, 0.15) is 5.60 Å². The van der Waals surface area contributed by atoms with Crippen LogP contribution < -0.4 is 11.6 Å². The van der Waals surface area contributed by atoms with Crippen LogP contribution in [0.15, 0.2) is 72.6 Å². The third kappa shape index (κ3) is 6.00. The second-order valence-electron chi connectivity index (χ2n) is 10.2. The maximum Gasteiger partial charge on any atom is 0.110 e. The van der Waals surface area contributed by atoms with Gasteiger partial charge in [-0.3, -0.25) is 4.98 Å². The van der Waals surface area contributed by atoms with E-state index >= 15 is 0 Å². The van der Waals surface area contributed by atoms with E-state index in [4.69, 9.17) is 21.3 Å². The molecule has 1 saturated heterocycles. The van der Waals surface area contributed by atoms with Gasteiger partial charge in [-0.15, -0.1) is 0 Å². The van der Waals surface area contributed by atoms with Gasteiger partial charge in [0.05, 0.1) is 28.9 Å². The standard InChI is InChI=1S/C24H33N5O3.C6H6/c1-15(25)23(28(3)26)17-10-21-22(27-12-17)19-5-4-18(24(2,31)14-30)11-20(19)29(21)13-16-6-8-32-9-7-16;1-2-4-6-5-3-1/h4-5,10-12,16,30-31H,6-9,13-14,25-26H2,1-3H3;1-6H/b23-15-;. The van der Waals surface area contributed by atoms with Crippen LogP contribution in [0.4, 0.5) is 0 Å². The Labute approximate surface area is 224 Å². The maximum atomic E-state index is 10.6. The maximum absolute atomic E-state index is 10.6. The van der Waals surface area contributed by atoms with Crippen LogP contribution in [0.2, 0.25) is 0 Å². The van der Waals surface area contributed by atoms with E-state index in [9.17, 15) is 10.2 Å². The number of hydrogen-bond donors (Lipinski definition) is 4. The molecule has 0 radical (unpaired) electrons. The number of hydrazine groups is 1. The van der Waals surface area contributed by atoms with E-state index in [1.54, 1.807) is 20.2 Å². The number of pyridine rings is 1. The van der Waals surface area contributed by atoms with Crippen molar-refractivity contribution >= 4 is 27.6 Å². The zero-order valence-corrected chi connectivity index (χ0v) is 22.5. The van der Waals surface area contributed by atoms with E-state index in [1.165, 1.54) is 5.01 Å². The molecule has 8 nitrogen and oxygen atoms in total. The van der Waals surface area contributed by atoms with Crippen LogP contribution in [0.5, 0.6) is 0 Å². The minimum absolute atomic E-state index is 0.353. The Morgan fingerprint density at radius 1 is 1.11 bits per heavy atom. The molecule has 6 N–H and O–H groups in total. The Hall–Kier alpha value is -3.43. The van der Waals surface area contributed by atoms with Crippen LogP contribution in [-0.4, -0.2) is 51.6 Å². The van der Waals surface area contributed by atoms with Crippen molar-refractivity contribution in [3.05, 3.63) is 83.7 Å². The Morgan fingerprint density at radius 3 is 2.29 bits per heavy atom. The number of ether oxygens (including phenoxy) is 1. The number of rotatable bonds is 6. The molecule has 38 heavy (non-hydrogen) atoms. The van der Waals surface area contributed by atoms with E-state index in [1.807, 2.05) is 61.5 Å². The summed E-state index contributed by atoms with van der Waals surface area (Å²) < 4.78 is 7.83. The second kappa shape index (κ2) is 12.0. The van der Waals surface area contributed by atoms with Gasteiger partial charge < -0.3 is 30.3 Å². The number of aliphatic hydroxyl groups excluding tert-OH is 1. The van der Waals surface area contributed by atoms with Crippen molar-refractivity contribution in [2.75, 3.05) is 26.9 Å². The van der Waals surface area contributed by atoms with Gasteiger partial charge in [-0.2, -0.15) is 0 Å². The van der Waals surface area contributed by atoms with Crippen molar-refractivity contribution in [3.63, 3.8) is 0 Å².